The number of likely N-dealkylation sites (N-methyl/N-ethyl adjacent to an activating group) is 1. The van der Waals surface area contributed by atoms with Gasteiger partial charge in [0.1, 0.15) is 5.01 Å². The summed E-state index contributed by atoms with van der Waals surface area (Å²) in [6, 6.07) is 0. The highest BCUT2D eigenvalue weighted by Crippen LogP contribution is 2.25. The molecule has 10 nitrogen and oxygen atoms in total. The monoisotopic (exact) mass is 437 g/mol. The summed E-state index contributed by atoms with van der Waals surface area (Å²) in [4.78, 5) is 33.8. The summed E-state index contributed by atoms with van der Waals surface area (Å²) in [6.07, 6.45) is 0. The molecule has 3 aromatic heterocycles. The number of piperazine rings is 1. The van der Waals surface area contributed by atoms with Crippen molar-refractivity contribution in [1.82, 2.24) is 28.9 Å². The number of anilines is 1. The van der Waals surface area contributed by atoms with E-state index < -0.39 is 0 Å². The molecule has 0 bridgehead atoms. The summed E-state index contributed by atoms with van der Waals surface area (Å²) in [5.74, 6) is 1.50. The highest BCUT2D eigenvalue weighted by Gasteiger charge is 2.25. The van der Waals surface area contributed by atoms with Crippen LogP contribution in [-0.2, 0) is 20.6 Å². The first kappa shape index (κ1) is 20.1. The van der Waals surface area contributed by atoms with Crippen molar-refractivity contribution in [2.45, 2.75) is 17.8 Å². The Morgan fingerprint density at radius 1 is 1.14 bits per heavy atom. The van der Waals surface area contributed by atoms with Crippen molar-refractivity contribution in [3.05, 3.63) is 25.8 Å². The average molecular weight is 438 g/mol. The number of rotatable bonds is 5. The van der Waals surface area contributed by atoms with E-state index in [0.29, 0.717) is 17.7 Å². The second-order valence-electron chi connectivity index (χ2n) is 7.32. The Labute approximate surface area is 175 Å². The summed E-state index contributed by atoms with van der Waals surface area (Å²) >= 11 is 3.18. The molecule has 0 radical (unpaired) electrons. The Bertz CT molecular complexity index is 1150. The van der Waals surface area contributed by atoms with Crippen LogP contribution in [0.3, 0.4) is 0 Å². The lowest BCUT2D eigenvalue weighted by atomic mass is 10.3. The molecule has 0 aromatic carbocycles. The van der Waals surface area contributed by atoms with Crippen molar-refractivity contribution in [1.29, 1.82) is 0 Å². The molecule has 4 rings (SSSR count). The topological polar surface area (TPSA) is 95.3 Å². The van der Waals surface area contributed by atoms with Crippen LogP contribution in [0.15, 0.2) is 13.9 Å². The van der Waals surface area contributed by atoms with Crippen LogP contribution in [0.25, 0.3) is 11.2 Å². The average Bonchev–Trinajstić information content (AvgIpc) is 3.29. The first-order chi connectivity index (χ1) is 13.9. The van der Waals surface area contributed by atoms with Crippen molar-refractivity contribution in [2.75, 3.05) is 43.9 Å². The molecule has 0 saturated carbocycles. The van der Waals surface area contributed by atoms with Gasteiger partial charge in [0.2, 0.25) is 5.95 Å². The van der Waals surface area contributed by atoms with Crippen molar-refractivity contribution >= 4 is 40.2 Å². The highest BCUT2D eigenvalue weighted by atomic mass is 32.2. The number of thioether (sulfide) groups is 1. The predicted octanol–water partition coefficient (Wildman–Crippen LogP) is -1.28. The fourth-order valence-corrected chi connectivity index (χ4v) is 5.35. The third-order valence-electron chi connectivity index (χ3n) is 5.28. The van der Waals surface area contributed by atoms with E-state index >= 15 is 0 Å². The van der Waals surface area contributed by atoms with Gasteiger partial charge < -0.3 is 14.4 Å². The minimum atomic E-state index is -0.361. The molecule has 0 aliphatic carbocycles. The van der Waals surface area contributed by atoms with Gasteiger partial charge in [-0.2, -0.15) is 4.98 Å². The maximum absolute atomic E-state index is 12.9. The largest absolute Gasteiger partial charge is 0.334 e. The van der Waals surface area contributed by atoms with Gasteiger partial charge >= 0.3 is 5.69 Å². The molecule has 3 aromatic rings. The summed E-state index contributed by atoms with van der Waals surface area (Å²) in [5, 5.41) is 9.15. The number of nitrogens with zero attached hydrogens (tertiary/aromatic N) is 7. The third-order valence-corrected chi connectivity index (χ3v) is 7.23. The van der Waals surface area contributed by atoms with E-state index in [2.05, 4.69) is 22.1 Å². The maximum Gasteiger partial charge on any atom is 0.332 e. The molecule has 0 atom stereocenters. The highest BCUT2D eigenvalue weighted by molar-refractivity contribution is 8.01. The lowest BCUT2D eigenvalue weighted by Gasteiger charge is -2.31. The normalized spacial score (nSPS) is 15.5. The van der Waals surface area contributed by atoms with E-state index in [9.17, 15) is 9.59 Å². The smallest absolute Gasteiger partial charge is 0.332 e. The first-order valence-corrected chi connectivity index (χ1v) is 11.3. The molecule has 156 valence electrons. The van der Waals surface area contributed by atoms with Crippen LogP contribution in [0.4, 0.5) is 5.95 Å². The van der Waals surface area contributed by atoms with Gasteiger partial charge in [-0.25, -0.2) is 4.79 Å². The SMILES string of the molecule is Cc1nnc(SCCn2c(N3CC[NH+](C)CC3)nc3c2c(=O)n(C)c(=O)n3C)s1. The molecular weight excluding hydrogens is 412 g/mol. The molecule has 1 N–H and O–H groups in total. The second kappa shape index (κ2) is 7.92. The summed E-state index contributed by atoms with van der Waals surface area (Å²) in [6.45, 7) is 6.29. The molecule has 1 saturated heterocycles. The molecule has 1 aliphatic rings. The summed E-state index contributed by atoms with van der Waals surface area (Å²) < 4.78 is 5.49. The quantitative estimate of drug-likeness (QED) is 0.497. The minimum absolute atomic E-state index is 0.307. The number of aryl methyl sites for hydroxylation is 3. The molecule has 4 heterocycles. The fraction of sp³-hybridized carbons (Fsp3) is 0.588. The van der Waals surface area contributed by atoms with Gasteiger partial charge in [-0.3, -0.25) is 13.9 Å². The van der Waals surface area contributed by atoms with Gasteiger partial charge in [-0.05, 0) is 6.92 Å². The van der Waals surface area contributed by atoms with Crippen LogP contribution < -0.4 is 21.0 Å². The molecule has 1 fully saturated rings. The Morgan fingerprint density at radius 3 is 2.52 bits per heavy atom. The van der Waals surface area contributed by atoms with Gasteiger partial charge in [0.15, 0.2) is 15.5 Å². The van der Waals surface area contributed by atoms with Gasteiger partial charge in [0, 0.05) is 26.4 Å². The van der Waals surface area contributed by atoms with E-state index in [-0.39, 0.29) is 11.2 Å². The van der Waals surface area contributed by atoms with Crippen molar-refractivity contribution in [3.8, 4) is 0 Å². The van der Waals surface area contributed by atoms with Crippen LogP contribution in [0.2, 0.25) is 0 Å². The Balaban J connectivity index is 1.75. The lowest BCUT2D eigenvalue weighted by Crippen LogP contribution is -3.12. The number of hydrogen-bond acceptors (Lipinski definition) is 8. The van der Waals surface area contributed by atoms with Gasteiger partial charge in [0.25, 0.3) is 5.56 Å². The van der Waals surface area contributed by atoms with Crippen molar-refractivity contribution < 1.29 is 4.90 Å². The van der Waals surface area contributed by atoms with Gasteiger partial charge in [-0.15, -0.1) is 10.2 Å². The van der Waals surface area contributed by atoms with Crippen LogP contribution in [0.5, 0.6) is 0 Å². The van der Waals surface area contributed by atoms with Crippen LogP contribution >= 0.6 is 23.1 Å². The molecule has 0 spiro atoms. The van der Waals surface area contributed by atoms with Crippen LogP contribution in [0, 0.1) is 6.92 Å². The van der Waals surface area contributed by atoms with Crippen LogP contribution in [0.1, 0.15) is 5.01 Å². The van der Waals surface area contributed by atoms with E-state index in [1.165, 1.54) is 16.5 Å². The fourth-order valence-electron chi connectivity index (χ4n) is 3.54. The number of nitrogens with one attached hydrogen (secondary N) is 1. The van der Waals surface area contributed by atoms with Crippen molar-refractivity contribution in [3.63, 3.8) is 0 Å². The predicted molar refractivity (Wildman–Crippen MR) is 114 cm³/mol. The molecule has 12 heteroatoms. The number of imidazole rings is 1. The zero-order valence-electron chi connectivity index (χ0n) is 17.0. The second-order valence-corrected chi connectivity index (χ2v) is 9.84. The minimum Gasteiger partial charge on any atom is -0.334 e. The Kier molecular flexibility index (Phi) is 5.49. The Morgan fingerprint density at radius 2 is 1.86 bits per heavy atom. The molecule has 0 amide bonds. The summed E-state index contributed by atoms with van der Waals surface area (Å²) in [7, 11) is 5.36. The third kappa shape index (κ3) is 3.71. The molecule has 0 unspecified atom stereocenters. The van der Waals surface area contributed by atoms with E-state index in [0.717, 1.165) is 51.8 Å². The summed E-state index contributed by atoms with van der Waals surface area (Å²) in [5.41, 5.74) is 0.250. The van der Waals surface area contributed by atoms with Crippen LogP contribution in [-0.4, -0.2) is 67.9 Å². The van der Waals surface area contributed by atoms with E-state index in [4.69, 9.17) is 4.98 Å². The molecule has 29 heavy (non-hydrogen) atoms. The number of aromatic nitrogens is 6. The Hall–Kier alpha value is -2.18. The maximum atomic E-state index is 12.9. The standard InChI is InChI=1S/C17H24N8O2S2/c1-11-19-20-16(29-11)28-10-9-25-12-13(22(3)17(27)23(4)14(12)26)18-15(25)24-7-5-21(2)6-8-24/h5-10H2,1-4H3/p+1. The first-order valence-electron chi connectivity index (χ1n) is 9.52. The van der Waals surface area contributed by atoms with E-state index in [1.54, 1.807) is 30.1 Å². The number of hydrogen-bond donors (Lipinski definition) is 1. The molecular formula is C17H25N8O2S2+. The number of fused-ring (bicyclic) bond motifs is 1. The van der Waals surface area contributed by atoms with Gasteiger partial charge in [0.05, 0.1) is 33.2 Å². The van der Waals surface area contributed by atoms with E-state index in [1.807, 2.05) is 11.5 Å². The van der Waals surface area contributed by atoms with Gasteiger partial charge in [-0.1, -0.05) is 23.1 Å². The zero-order valence-corrected chi connectivity index (χ0v) is 18.6. The van der Waals surface area contributed by atoms with Crippen molar-refractivity contribution in [2.24, 2.45) is 14.1 Å². The number of quaternary nitrogens is 1. The zero-order chi connectivity index (χ0) is 20.7. The molecule has 1 aliphatic heterocycles. The lowest BCUT2D eigenvalue weighted by molar-refractivity contribution is -0.880.